The van der Waals surface area contributed by atoms with Crippen molar-refractivity contribution in [1.82, 2.24) is 0 Å². The van der Waals surface area contributed by atoms with Crippen LogP contribution in [0.15, 0.2) is 170 Å². The number of ether oxygens (including phenoxy) is 3. The third-order valence-electron chi connectivity index (χ3n) is 12.7. The molecule has 0 aliphatic carbocycles. The van der Waals surface area contributed by atoms with Gasteiger partial charge in [0.05, 0.1) is 6.42 Å². The van der Waals surface area contributed by atoms with Gasteiger partial charge in [-0.05, 0) is 128 Å². The average Bonchev–Trinajstić information content (AvgIpc) is 3.45. The monoisotopic (exact) mass is 1090 g/mol. The van der Waals surface area contributed by atoms with Crippen molar-refractivity contribution in [3.8, 4) is 0 Å². The highest BCUT2D eigenvalue weighted by Crippen LogP contribution is 2.15. The minimum Gasteiger partial charge on any atom is -0.462 e. The Morgan fingerprint density at radius 2 is 0.506 bits per heavy atom. The predicted molar refractivity (Wildman–Crippen MR) is 343 cm³/mol. The quantitative estimate of drug-likeness (QED) is 0.0261. The number of esters is 3. The Kier molecular flexibility index (Phi) is 61.0. The smallest absolute Gasteiger partial charge is 0.309 e. The van der Waals surface area contributed by atoms with Crippen molar-refractivity contribution in [2.24, 2.45) is 0 Å². The summed E-state index contributed by atoms with van der Waals surface area (Å²) in [4.78, 5) is 38.2. The summed E-state index contributed by atoms with van der Waals surface area (Å²) < 4.78 is 16.8. The van der Waals surface area contributed by atoms with Crippen LogP contribution in [0.5, 0.6) is 0 Å². The van der Waals surface area contributed by atoms with Gasteiger partial charge in [-0.25, -0.2) is 0 Å². The lowest BCUT2D eigenvalue weighted by Crippen LogP contribution is -2.30. The molecule has 79 heavy (non-hydrogen) atoms. The van der Waals surface area contributed by atoms with Crippen molar-refractivity contribution in [1.29, 1.82) is 0 Å². The Hall–Kier alpha value is -5.23. The Labute approximate surface area is 485 Å². The van der Waals surface area contributed by atoms with E-state index in [1.807, 2.05) is 6.08 Å². The molecule has 0 rings (SSSR count). The predicted octanol–water partition coefficient (Wildman–Crippen LogP) is 21.9. The standard InChI is InChI=1S/C73H114O6/c1-4-7-10-13-16-19-22-25-28-30-32-33-34-35-36-37-38-39-41-42-45-48-51-54-57-60-63-66-72(75)78-69-70(68-77-71(74)65-62-59-56-53-50-47-44-27-24-21-18-15-12-9-6-3)79-73(76)67-64-61-58-55-52-49-46-43-40-31-29-26-23-20-17-14-11-8-5-2/h7-12,16-21,25-29,32-33,40,43-44,49-50,52-53,59,62,70H,4-6,13-15,22-24,30-31,34-39,41-42,45-48,51,54-58,60-61,63-69H2,1-3H3/b10-7-,11-8-,12-9-,19-16-,20-17-,21-18-,28-25-,29-26-,33-32-,43-40-,44-27-,52-49-,53-50-,62-59-. The summed E-state index contributed by atoms with van der Waals surface area (Å²) in [6.45, 7) is 6.18. The molecule has 0 amide bonds. The molecule has 0 aliphatic heterocycles. The summed E-state index contributed by atoms with van der Waals surface area (Å²) in [6, 6.07) is 0. The number of hydrogen-bond donors (Lipinski definition) is 0. The normalized spacial score (nSPS) is 13.3. The molecule has 0 aromatic heterocycles. The van der Waals surface area contributed by atoms with Crippen LogP contribution in [-0.2, 0) is 28.6 Å². The molecular weight excluding hydrogens is 973 g/mol. The highest BCUT2D eigenvalue weighted by Gasteiger charge is 2.19. The maximum Gasteiger partial charge on any atom is 0.309 e. The minimum absolute atomic E-state index is 0.112. The lowest BCUT2D eigenvalue weighted by molar-refractivity contribution is -0.166. The first-order valence-corrected chi connectivity index (χ1v) is 31.6. The van der Waals surface area contributed by atoms with E-state index in [1.165, 1.54) is 77.0 Å². The fourth-order valence-electron chi connectivity index (χ4n) is 8.12. The van der Waals surface area contributed by atoms with Crippen LogP contribution < -0.4 is 0 Å². The van der Waals surface area contributed by atoms with E-state index in [2.05, 4.69) is 179 Å². The fourth-order valence-corrected chi connectivity index (χ4v) is 8.12. The van der Waals surface area contributed by atoms with Crippen LogP contribution >= 0.6 is 0 Å². The van der Waals surface area contributed by atoms with Crippen LogP contribution in [0.25, 0.3) is 0 Å². The molecule has 0 aromatic carbocycles. The number of allylic oxidation sites excluding steroid dienone is 27. The zero-order valence-corrected chi connectivity index (χ0v) is 50.6. The SMILES string of the molecule is CC/C=C\C/C=C\C/C=C\C/C=C\C/C=C\CCCCCC(=O)OC(COC(=O)C/C=C\C/C=C\C/C=C\C/C=C\C/C=C\CC)COC(=O)CCCCCCCCCCCCCCCC/C=C\C/C=C\C/C=C\C/C=C\CC. The molecule has 6 nitrogen and oxygen atoms in total. The van der Waals surface area contributed by atoms with E-state index < -0.39 is 12.1 Å². The molecule has 0 saturated carbocycles. The van der Waals surface area contributed by atoms with Gasteiger partial charge >= 0.3 is 17.9 Å². The van der Waals surface area contributed by atoms with Crippen LogP contribution in [0.3, 0.4) is 0 Å². The fraction of sp³-hybridized carbons (Fsp3) is 0.575. The molecule has 442 valence electrons. The van der Waals surface area contributed by atoms with E-state index in [-0.39, 0.29) is 38.0 Å². The lowest BCUT2D eigenvalue weighted by atomic mass is 10.0. The number of rotatable bonds is 55. The second-order valence-electron chi connectivity index (χ2n) is 20.2. The molecule has 0 heterocycles. The van der Waals surface area contributed by atoms with Gasteiger partial charge in [-0.1, -0.05) is 274 Å². The molecule has 0 spiro atoms. The topological polar surface area (TPSA) is 78.9 Å². The highest BCUT2D eigenvalue weighted by molar-refractivity contribution is 5.72. The molecule has 0 bridgehead atoms. The van der Waals surface area contributed by atoms with E-state index in [0.29, 0.717) is 12.8 Å². The van der Waals surface area contributed by atoms with Crippen LogP contribution in [0.4, 0.5) is 0 Å². The van der Waals surface area contributed by atoms with Gasteiger partial charge < -0.3 is 14.2 Å². The molecular formula is C73H114O6. The van der Waals surface area contributed by atoms with E-state index in [0.717, 1.165) is 128 Å². The van der Waals surface area contributed by atoms with Gasteiger partial charge in [-0.3, -0.25) is 14.4 Å². The summed E-state index contributed by atoms with van der Waals surface area (Å²) in [5.74, 6) is -1.10. The van der Waals surface area contributed by atoms with Crippen LogP contribution in [-0.4, -0.2) is 37.2 Å². The number of hydrogen-bond acceptors (Lipinski definition) is 6. The van der Waals surface area contributed by atoms with Crippen LogP contribution in [0, 0.1) is 0 Å². The van der Waals surface area contributed by atoms with Gasteiger partial charge in [0.1, 0.15) is 13.2 Å². The lowest BCUT2D eigenvalue weighted by Gasteiger charge is -2.18. The zero-order chi connectivity index (χ0) is 57.1. The Morgan fingerprint density at radius 3 is 0.835 bits per heavy atom. The first-order valence-electron chi connectivity index (χ1n) is 31.6. The largest absolute Gasteiger partial charge is 0.462 e. The van der Waals surface area contributed by atoms with Gasteiger partial charge in [0.15, 0.2) is 6.10 Å². The molecule has 0 aliphatic rings. The van der Waals surface area contributed by atoms with Gasteiger partial charge in [-0.15, -0.1) is 0 Å². The summed E-state index contributed by atoms with van der Waals surface area (Å²) in [5, 5.41) is 0. The van der Waals surface area contributed by atoms with E-state index in [9.17, 15) is 14.4 Å². The Bertz CT molecular complexity index is 1820. The van der Waals surface area contributed by atoms with E-state index >= 15 is 0 Å². The van der Waals surface area contributed by atoms with Crippen molar-refractivity contribution in [2.45, 2.75) is 258 Å². The second kappa shape index (κ2) is 65.3. The van der Waals surface area contributed by atoms with Crippen LogP contribution in [0.1, 0.15) is 252 Å². The van der Waals surface area contributed by atoms with Gasteiger partial charge in [0, 0.05) is 12.8 Å². The number of carbonyl (C=O) groups excluding carboxylic acids is 3. The van der Waals surface area contributed by atoms with Gasteiger partial charge in [0.25, 0.3) is 0 Å². The zero-order valence-electron chi connectivity index (χ0n) is 50.6. The van der Waals surface area contributed by atoms with Crippen molar-refractivity contribution in [2.75, 3.05) is 13.2 Å². The van der Waals surface area contributed by atoms with Crippen molar-refractivity contribution < 1.29 is 28.6 Å². The van der Waals surface area contributed by atoms with Crippen molar-refractivity contribution >= 4 is 17.9 Å². The summed E-state index contributed by atoms with van der Waals surface area (Å²) in [5.41, 5.74) is 0. The third kappa shape index (κ3) is 63.5. The Morgan fingerprint density at radius 1 is 0.266 bits per heavy atom. The molecule has 0 radical (unpaired) electrons. The van der Waals surface area contributed by atoms with Crippen molar-refractivity contribution in [3.05, 3.63) is 170 Å². The molecule has 6 heteroatoms. The average molecular weight is 1090 g/mol. The van der Waals surface area contributed by atoms with Crippen molar-refractivity contribution in [3.63, 3.8) is 0 Å². The number of carbonyl (C=O) groups is 3. The Balaban J connectivity index is 4.46. The molecule has 0 aromatic rings. The maximum absolute atomic E-state index is 12.9. The van der Waals surface area contributed by atoms with Crippen LogP contribution in [0.2, 0.25) is 0 Å². The molecule has 0 saturated heterocycles. The highest BCUT2D eigenvalue weighted by atomic mass is 16.6. The second-order valence-corrected chi connectivity index (χ2v) is 20.2. The molecule has 1 atom stereocenters. The first-order chi connectivity index (χ1) is 39.0. The molecule has 1 unspecified atom stereocenters. The van der Waals surface area contributed by atoms with E-state index in [1.54, 1.807) is 6.08 Å². The van der Waals surface area contributed by atoms with E-state index in [4.69, 9.17) is 14.2 Å². The summed E-state index contributed by atoms with van der Waals surface area (Å²) >= 11 is 0. The molecule has 0 fully saturated rings. The van der Waals surface area contributed by atoms with Gasteiger partial charge in [-0.2, -0.15) is 0 Å². The molecule has 0 N–H and O–H groups in total. The van der Waals surface area contributed by atoms with Gasteiger partial charge in [0.2, 0.25) is 0 Å². The third-order valence-corrected chi connectivity index (χ3v) is 12.7. The number of unbranched alkanes of at least 4 members (excludes halogenated alkanes) is 17. The summed E-state index contributed by atoms with van der Waals surface area (Å²) in [6.07, 6.45) is 96.7. The summed E-state index contributed by atoms with van der Waals surface area (Å²) in [7, 11) is 0. The first kappa shape index (κ1) is 73.8. The maximum atomic E-state index is 12.9. The minimum atomic E-state index is -0.845.